The first-order valence-electron chi connectivity index (χ1n) is 4.29. The second-order valence-corrected chi connectivity index (χ2v) is 3.57. The predicted octanol–water partition coefficient (Wildman–Crippen LogP) is -1.02. The molecule has 4 N–H and O–H groups in total. The normalized spacial score (nSPS) is 28.4. The summed E-state index contributed by atoms with van der Waals surface area (Å²) >= 11 is 0. The van der Waals surface area contributed by atoms with Gasteiger partial charge in [0.15, 0.2) is 0 Å². The zero-order valence-electron chi connectivity index (χ0n) is 7.77. The number of rotatable bonds is 6. The molecule has 0 saturated heterocycles. The van der Waals surface area contributed by atoms with Crippen LogP contribution in [-0.4, -0.2) is 45.3 Å². The third-order valence-corrected chi connectivity index (χ3v) is 2.43. The number of carboxylic acid groups (broad SMARTS) is 3. The van der Waals surface area contributed by atoms with Crippen LogP contribution in [0.4, 0.5) is 0 Å². The molecule has 0 aromatic carbocycles. The Morgan fingerprint density at radius 2 is 1.80 bits per heavy atom. The lowest BCUT2D eigenvalue weighted by Gasteiger charge is -2.14. The van der Waals surface area contributed by atoms with Gasteiger partial charge in [0.05, 0.1) is 18.9 Å². The highest BCUT2D eigenvalue weighted by Crippen LogP contribution is 2.46. The summed E-state index contributed by atoms with van der Waals surface area (Å²) in [6.07, 6.45) is -0.223. The van der Waals surface area contributed by atoms with Crippen molar-refractivity contribution in [2.75, 3.05) is 6.54 Å². The van der Waals surface area contributed by atoms with E-state index in [1.165, 1.54) is 0 Å². The van der Waals surface area contributed by atoms with Gasteiger partial charge in [-0.2, -0.15) is 0 Å². The van der Waals surface area contributed by atoms with E-state index in [1.54, 1.807) is 0 Å². The topological polar surface area (TPSA) is 124 Å². The van der Waals surface area contributed by atoms with Gasteiger partial charge in [-0.25, -0.2) is 0 Å². The lowest BCUT2D eigenvalue weighted by atomic mass is 10.1. The molecule has 0 aromatic rings. The van der Waals surface area contributed by atoms with Gasteiger partial charge in [0.2, 0.25) is 0 Å². The van der Waals surface area contributed by atoms with Gasteiger partial charge >= 0.3 is 17.9 Å². The Morgan fingerprint density at radius 3 is 2.13 bits per heavy atom. The molecule has 0 amide bonds. The Hall–Kier alpha value is -1.63. The molecule has 7 nitrogen and oxygen atoms in total. The summed E-state index contributed by atoms with van der Waals surface area (Å²) in [4.78, 5) is 31.4. The zero-order chi connectivity index (χ0) is 11.6. The highest BCUT2D eigenvalue weighted by atomic mass is 16.4. The lowest BCUT2D eigenvalue weighted by molar-refractivity contribution is -0.142. The van der Waals surface area contributed by atoms with Crippen molar-refractivity contribution in [3.05, 3.63) is 0 Å². The van der Waals surface area contributed by atoms with E-state index in [4.69, 9.17) is 15.3 Å². The summed E-state index contributed by atoms with van der Waals surface area (Å²) in [5.41, 5.74) is -1.09. The average molecular weight is 217 g/mol. The summed E-state index contributed by atoms with van der Waals surface area (Å²) < 4.78 is 0. The Morgan fingerprint density at radius 1 is 1.20 bits per heavy atom. The zero-order valence-corrected chi connectivity index (χ0v) is 7.77. The fourth-order valence-corrected chi connectivity index (χ4v) is 1.60. The summed E-state index contributed by atoms with van der Waals surface area (Å²) in [5.74, 6) is -4.20. The summed E-state index contributed by atoms with van der Waals surface area (Å²) in [6.45, 7) is -0.433. The van der Waals surface area contributed by atoms with Crippen molar-refractivity contribution in [1.29, 1.82) is 0 Å². The van der Waals surface area contributed by atoms with Crippen LogP contribution in [0.25, 0.3) is 0 Å². The van der Waals surface area contributed by atoms with Crippen molar-refractivity contribution in [1.82, 2.24) is 5.32 Å². The minimum atomic E-state index is -1.14. The monoisotopic (exact) mass is 217 g/mol. The molecule has 1 fully saturated rings. The van der Waals surface area contributed by atoms with E-state index in [2.05, 4.69) is 5.32 Å². The molecular formula is C8H11NO6. The fourth-order valence-electron chi connectivity index (χ4n) is 1.60. The van der Waals surface area contributed by atoms with E-state index in [9.17, 15) is 14.4 Å². The van der Waals surface area contributed by atoms with E-state index in [0.717, 1.165) is 0 Å². The van der Waals surface area contributed by atoms with Crippen molar-refractivity contribution in [2.45, 2.75) is 18.4 Å². The van der Waals surface area contributed by atoms with Crippen molar-refractivity contribution in [3.63, 3.8) is 0 Å². The number of nitrogens with one attached hydrogen (secondary N) is 1. The van der Waals surface area contributed by atoms with Crippen LogP contribution in [0.15, 0.2) is 0 Å². The highest BCUT2D eigenvalue weighted by Gasteiger charge is 2.59. The van der Waals surface area contributed by atoms with Gasteiger partial charge in [-0.15, -0.1) is 0 Å². The van der Waals surface area contributed by atoms with Gasteiger partial charge in [0.1, 0.15) is 0 Å². The molecule has 1 saturated carbocycles. The largest absolute Gasteiger partial charge is 0.481 e. The minimum absolute atomic E-state index is 0.155. The van der Waals surface area contributed by atoms with Gasteiger partial charge in [-0.1, -0.05) is 0 Å². The van der Waals surface area contributed by atoms with Crippen molar-refractivity contribution < 1.29 is 29.7 Å². The molecule has 0 bridgehead atoms. The Bertz CT molecular complexity index is 314. The molecule has 2 unspecified atom stereocenters. The van der Waals surface area contributed by atoms with Crippen LogP contribution in [0.2, 0.25) is 0 Å². The Kier molecular flexibility index (Phi) is 2.94. The van der Waals surface area contributed by atoms with Crippen molar-refractivity contribution >= 4 is 17.9 Å². The number of carboxylic acids is 3. The van der Waals surface area contributed by atoms with Crippen LogP contribution < -0.4 is 5.32 Å². The van der Waals surface area contributed by atoms with Crippen LogP contribution in [0.5, 0.6) is 0 Å². The maximum Gasteiger partial charge on any atom is 0.317 e. The molecule has 0 heterocycles. The number of aliphatic carboxylic acids is 3. The van der Waals surface area contributed by atoms with Crippen LogP contribution in [0.1, 0.15) is 12.8 Å². The number of hydrogen-bond acceptors (Lipinski definition) is 4. The van der Waals surface area contributed by atoms with E-state index < -0.39 is 35.9 Å². The van der Waals surface area contributed by atoms with E-state index in [1.807, 2.05) is 0 Å². The standard InChI is InChI=1S/C8H11NO6/c10-5(11)2-8(9-3-6(12)13)1-4(8)7(14)15/h4,9H,1-3H2,(H,10,11)(H,12,13)(H,14,15). The molecule has 15 heavy (non-hydrogen) atoms. The summed E-state index contributed by atoms with van der Waals surface area (Å²) in [7, 11) is 0. The lowest BCUT2D eigenvalue weighted by Crippen LogP contribution is -2.40. The smallest absolute Gasteiger partial charge is 0.317 e. The van der Waals surface area contributed by atoms with Gasteiger partial charge in [0.25, 0.3) is 0 Å². The number of carbonyl (C=O) groups is 3. The van der Waals surface area contributed by atoms with Crippen molar-refractivity contribution in [3.8, 4) is 0 Å². The molecular weight excluding hydrogens is 206 g/mol. The van der Waals surface area contributed by atoms with E-state index in [0.29, 0.717) is 0 Å². The Labute approximate surface area is 84.7 Å². The summed E-state index contributed by atoms with van der Waals surface area (Å²) in [5, 5.41) is 28.1. The molecule has 0 aliphatic heterocycles. The summed E-state index contributed by atoms with van der Waals surface area (Å²) in [6, 6.07) is 0. The second kappa shape index (κ2) is 3.85. The van der Waals surface area contributed by atoms with Gasteiger partial charge < -0.3 is 15.3 Å². The first-order valence-corrected chi connectivity index (χ1v) is 4.29. The third-order valence-electron chi connectivity index (χ3n) is 2.43. The molecule has 1 rings (SSSR count). The van der Waals surface area contributed by atoms with Gasteiger partial charge in [0, 0.05) is 5.54 Å². The number of hydrogen-bond donors (Lipinski definition) is 4. The fraction of sp³-hybridized carbons (Fsp3) is 0.625. The first kappa shape index (κ1) is 11.4. The SMILES string of the molecule is O=C(O)CNC1(CC(=O)O)CC1C(=O)O. The molecule has 1 aliphatic rings. The Balaban J connectivity index is 2.60. The molecule has 7 heteroatoms. The average Bonchev–Trinajstić information content (AvgIpc) is 2.76. The third kappa shape index (κ3) is 2.66. The van der Waals surface area contributed by atoms with Crippen LogP contribution in [0, 0.1) is 5.92 Å². The first-order chi connectivity index (χ1) is 6.87. The highest BCUT2D eigenvalue weighted by molar-refractivity contribution is 5.80. The van der Waals surface area contributed by atoms with Gasteiger partial charge in [-0.3, -0.25) is 19.7 Å². The molecule has 0 aromatic heterocycles. The van der Waals surface area contributed by atoms with E-state index >= 15 is 0 Å². The molecule has 2 atom stereocenters. The second-order valence-electron chi connectivity index (χ2n) is 3.57. The maximum atomic E-state index is 10.6. The predicted molar refractivity (Wildman–Crippen MR) is 46.4 cm³/mol. The van der Waals surface area contributed by atoms with E-state index in [-0.39, 0.29) is 12.8 Å². The van der Waals surface area contributed by atoms with Crippen LogP contribution in [0.3, 0.4) is 0 Å². The minimum Gasteiger partial charge on any atom is -0.481 e. The quantitative estimate of drug-likeness (QED) is 0.448. The molecule has 0 spiro atoms. The van der Waals surface area contributed by atoms with Crippen molar-refractivity contribution in [2.24, 2.45) is 5.92 Å². The molecule has 1 aliphatic carbocycles. The molecule has 84 valence electrons. The molecule has 0 radical (unpaired) electrons. The van der Waals surface area contributed by atoms with Crippen LogP contribution in [-0.2, 0) is 14.4 Å². The maximum absolute atomic E-state index is 10.6. The van der Waals surface area contributed by atoms with Gasteiger partial charge in [-0.05, 0) is 6.42 Å². The van der Waals surface area contributed by atoms with Crippen LogP contribution >= 0.6 is 0 Å².